The molecule has 1 aromatic heterocycles. The Labute approximate surface area is 151 Å². The normalized spacial score (nSPS) is 19.5. The first-order valence-corrected chi connectivity index (χ1v) is 9.39. The van der Waals surface area contributed by atoms with Crippen LogP contribution in [0.25, 0.3) is 0 Å². The van der Waals surface area contributed by atoms with Crippen molar-refractivity contribution in [2.45, 2.75) is 5.92 Å². The summed E-state index contributed by atoms with van der Waals surface area (Å²) in [6.45, 7) is 2.22. The van der Waals surface area contributed by atoms with Crippen LogP contribution in [-0.4, -0.2) is 55.5 Å². The fraction of sp³-hybridized carbons (Fsp3) is 0.368. The predicted octanol–water partition coefficient (Wildman–Crippen LogP) is 3.11. The molecule has 0 saturated carbocycles. The topological polar surface area (TPSA) is 43.9 Å². The van der Waals surface area contributed by atoms with Crippen molar-refractivity contribution in [1.29, 1.82) is 0 Å². The molecule has 3 heterocycles. The van der Waals surface area contributed by atoms with Crippen LogP contribution in [-0.2, 0) is 0 Å². The highest BCUT2D eigenvalue weighted by atomic mass is 32.1. The fourth-order valence-electron chi connectivity index (χ4n) is 3.77. The maximum atomic E-state index is 12.5. The summed E-state index contributed by atoms with van der Waals surface area (Å²) in [5, 5.41) is 3.83. The molecule has 2 aliphatic heterocycles. The summed E-state index contributed by atoms with van der Waals surface area (Å²) in [6, 6.07) is 10.0. The minimum absolute atomic E-state index is 0.0143. The molecule has 2 aliphatic rings. The SMILES string of the molecule is CN(C)C(=O)N1C[C@H](C2CN(C(=O)c3ccsc3)C2)c2ccccc21. The minimum atomic E-state index is 0.0143. The Bertz CT molecular complexity index is 797. The number of nitrogens with zero attached hydrogens (tertiary/aromatic N) is 3. The van der Waals surface area contributed by atoms with Crippen LogP contribution in [0.15, 0.2) is 41.1 Å². The summed E-state index contributed by atoms with van der Waals surface area (Å²) in [4.78, 5) is 30.3. The van der Waals surface area contributed by atoms with E-state index in [-0.39, 0.29) is 11.9 Å². The summed E-state index contributed by atoms with van der Waals surface area (Å²) >= 11 is 1.55. The Morgan fingerprint density at radius 3 is 2.56 bits per heavy atom. The number of fused-ring (bicyclic) bond motifs is 1. The summed E-state index contributed by atoms with van der Waals surface area (Å²) in [5.74, 6) is 0.820. The Balaban J connectivity index is 1.49. The van der Waals surface area contributed by atoms with Crippen LogP contribution in [0.5, 0.6) is 0 Å². The number of likely N-dealkylation sites (tertiary alicyclic amines) is 1. The van der Waals surface area contributed by atoms with E-state index in [1.54, 1.807) is 30.3 Å². The maximum absolute atomic E-state index is 12.5. The van der Waals surface area contributed by atoms with Crippen molar-refractivity contribution in [1.82, 2.24) is 9.80 Å². The van der Waals surface area contributed by atoms with Crippen LogP contribution < -0.4 is 4.90 Å². The molecule has 0 N–H and O–H groups in total. The molecular formula is C19H21N3O2S. The highest BCUT2D eigenvalue weighted by Crippen LogP contribution is 2.43. The van der Waals surface area contributed by atoms with E-state index in [1.165, 1.54) is 5.56 Å². The van der Waals surface area contributed by atoms with Crippen molar-refractivity contribution in [2.24, 2.45) is 5.92 Å². The molecule has 0 aliphatic carbocycles. The first-order chi connectivity index (χ1) is 12.1. The van der Waals surface area contributed by atoms with Gasteiger partial charge in [0.25, 0.3) is 5.91 Å². The van der Waals surface area contributed by atoms with Gasteiger partial charge in [-0.15, -0.1) is 0 Å². The van der Waals surface area contributed by atoms with E-state index in [4.69, 9.17) is 0 Å². The Morgan fingerprint density at radius 1 is 1.12 bits per heavy atom. The van der Waals surface area contributed by atoms with Crippen molar-refractivity contribution in [3.8, 4) is 0 Å². The largest absolute Gasteiger partial charge is 0.338 e. The van der Waals surface area contributed by atoms with Crippen molar-refractivity contribution < 1.29 is 9.59 Å². The van der Waals surface area contributed by atoms with Gasteiger partial charge in [-0.3, -0.25) is 9.69 Å². The number of hydrogen-bond donors (Lipinski definition) is 0. The maximum Gasteiger partial charge on any atom is 0.323 e. The third kappa shape index (κ3) is 2.70. The molecule has 3 amide bonds. The van der Waals surface area contributed by atoms with Crippen molar-refractivity contribution in [2.75, 3.05) is 38.6 Å². The zero-order valence-corrected chi connectivity index (χ0v) is 15.2. The lowest BCUT2D eigenvalue weighted by Gasteiger charge is -2.42. The van der Waals surface area contributed by atoms with Gasteiger partial charge in [-0.1, -0.05) is 18.2 Å². The summed E-state index contributed by atoms with van der Waals surface area (Å²) < 4.78 is 0. The first-order valence-electron chi connectivity index (χ1n) is 8.45. The van der Waals surface area contributed by atoms with Crippen molar-refractivity contribution in [3.05, 3.63) is 52.2 Å². The van der Waals surface area contributed by atoms with E-state index >= 15 is 0 Å². The number of carbonyl (C=O) groups excluding carboxylic acids is 2. The Morgan fingerprint density at radius 2 is 1.88 bits per heavy atom. The van der Waals surface area contributed by atoms with Crippen LogP contribution >= 0.6 is 11.3 Å². The predicted molar refractivity (Wildman–Crippen MR) is 99.3 cm³/mol. The molecule has 4 rings (SSSR count). The average Bonchev–Trinajstić information content (AvgIpc) is 3.21. The zero-order chi connectivity index (χ0) is 17.6. The Hall–Kier alpha value is -2.34. The molecule has 0 radical (unpaired) electrons. The van der Waals surface area contributed by atoms with Crippen LogP contribution in [0.3, 0.4) is 0 Å². The second kappa shape index (κ2) is 6.19. The highest BCUT2D eigenvalue weighted by Gasteiger charge is 2.43. The second-order valence-electron chi connectivity index (χ2n) is 6.94. The van der Waals surface area contributed by atoms with E-state index in [0.717, 1.165) is 24.3 Å². The molecule has 6 heteroatoms. The molecule has 0 bridgehead atoms. The number of para-hydroxylation sites is 1. The Kier molecular flexibility index (Phi) is 4.00. The van der Waals surface area contributed by atoms with Gasteiger partial charge in [0.2, 0.25) is 0 Å². The van der Waals surface area contributed by atoms with Gasteiger partial charge in [-0.05, 0) is 23.1 Å². The minimum Gasteiger partial charge on any atom is -0.338 e. The summed E-state index contributed by atoms with van der Waals surface area (Å²) in [6.07, 6.45) is 0. The van der Waals surface area contributed by atoms with Crippen molar-refractivity contribution >= 4 is 29.0 Å². The van der Waals surface area contributed by atoms with E-state index in [2.05, 4.69) is 6.07 Å². The third-order valence-corrected chi connectivity index (χ3v) is 5.84. The monoisotopic (exact) mass is 355 g/mol. The summed E-state index contributed by atoms with van der Waals surface area (Å²) in [5.41, 5.74) is 3.01. The molecule has 2 aromatic rings. The van der Waals surface area contributed by atoms with E-state index in [0.29, 0.717) is 18.4 Å². The standard InChI is InChI=1S/C19H21N3O2S/c1-20(2)19(24)22-11-16(15-5-3-4-6-17(15)22)14-9-21(10-14)18(23)13-7-8-25-12-13/h3-8,12,14,16H,9-11H2,1-2H3/t16-/m1/s1. The number of benzene rings is 1. The number of rotatable bonds is 2. The number of carbonyl (C=O) groups is 2. The number of amides is 3. The molecule has 0 unspecified atom stereocenters. The van der Waals surface area contributed by atoms with Crippen LogP contribution in [0.4, 0.5) is 10.5 Å². The van der Waals surface area contributed by atoms with Gasteiger partial charge >= 0.3 is 6.03 Å². The first kappa shape index (κ1) is 16.1. The van der Waals surface area contributed by atoms with E-state index in [1.807, 2.05) is 44.8 Å². The quantitative estimate of drug-likeness (QED) is 0.831. The van der Waals surface area contributed by atoms with Gasteiger partial charge in [-0.25, -0.2) is 4.79 Å². The van der Waals surface area contributed by atoms with Gasteiger partial charge in [0, 0.05) is 56.6 Å². The van der Waals surface area contributed by atoms with E-state index in [9.17, 15) is 9.59 Å². The zero-order valence-electron chi connectivity index (χ0n) is 14.4. The molecule has 0 spiro atoms. The molecule has 130 valence electrons. The van der Waals surface area contributed by atoms with Crippen molar-refractivity contribution in [3.63, 3.8) is 0 Å². The number of urea groups is 1. The van der Waals surface area contributed by atoms with Crippen LogP contribution in [0, 0.1) is 5.92 Å². The number of hydrogen-bond acceptors (Lipinski definition) is 3. The summed E-state index contributed by atoms with van der Waals surface area (Å²) in [7, 11) is 3.56. The van der Waals surface area contributed by atoms with Gasteiger partial charge in [0.15, 0.2) is 0 Å². The number of thiophene rings is 1. The molecule has 1 atom stereocenters. The lowest BCUT2D eigenvalue weighted by atomic mass is 9.82. The molecular weight excluding hydrogens is 334 g/mol. The smallest absolute Gasteiger partial charge is 0.323 e. The number of anilines is 1. The lowest BCUT2D eigenvalue weighted by Crippen LogP contribution is -2.53. The highest BCUT2D eigenvalue weighted by molar-refractivity contribution is 7.08. The molecule has 1 fully saturated rings. The van der Waals surface area contributed by atoms with Gasteiger partial charge in [0.1, 0.15) is 0 Å². The molecule has 1 saturated heterocycles. The van der Waals surface area contributed by atoms with Gasteiger partial charge in [-0.2, -0.15) is 11.3 Å². The fourth-order valence-corrected chi connectivity index (χ4v) is 4.40. The lowest BCUT2D eigenvalue weighted by molar-refractivity contribution is 0.0457. The van der Waals surface area contributed by atoms with Gasteiger partial charge in [0.05, 0.1) is 5.56 Å². The molecule has 5 nitrogen and oxygen atoms in total. The average molecular weight is 355 g/mol. The van der Waals surface area contributed by atoms with E-state index < -0.39 is 0 Å². The van der Waals surface area contributed by atoms with Crippen LogP contribution in [0.1, 0.15) is 21.8 Å². The molecule has 25 heavy (non-hydrogen) atoms. The van der Waals surface area contributed by atoms with Crippen LogP contribution in [0.2, 0.25) is 0 Å². The molecule has 1 aromatic carbocycles. The van der Waals surface area contributed by atoms with Gasteiger partial charge < -0.3 is 9.80 Å². The second-order valence-corrected chi connectivity index (χ2v) is 7.72. The third-order valence-electron chi connectivity index (χ3n) is 5.15.